The van der Waals surface area contributed by atoms with Crippen molar-refractivity contribution in [1.29, 1.82) is 0 Å². The Labute approximate surface area is 123 Å². The number of aryl methyl sites for hydroxylation is 1. The molecule has 5 heteroatoms. The summed E-state index contributed by atoms with van der Waals surface area (Å²) in [6, 6.07) is 14.0. The topological polar surface area (TPSA) is 62.8 Å². The number of methoxy groups -OCH3 is 1. The number of fused-ring (bicyclic) bond motifs is 1. The third kappa shape index (κ3) is 3.31. The summed E-state index contributed by atoms with van der Waals surface area (Å²) in [7, 11) is 1.61. The standard InChI is InChI=1S/C16H18N4O/c1-21-15-10-9-13-16(20-15)19-14(18-13)8-5-11-17-12-6-3-2-4-7-12/h2-4,6-7,9-10,17H,5,8,11H2,1H3,(H,18,19,20). The SMILES string of the molecule is COc1ccc2[nH]c(CCCNc3ccccc3)nc2n1. The summed E-state index contributed by atoms with van der Waals surface area (Å²) in [5, 5.41) is 3.39. The molecule has 5 nitrogen and oxygen atoms in total. The molecular formula is C16H18N4O. The minimum atomic E-state index is 0.589. The van der Waals surface area contributed by atoms with Crippen LogP contribution in [0.1, 0.15) is 12.2 Å². The quantitative estimate of drug-likeness (QED) is 0.682. The number of nitrogens with zero attached hydrogens (tertiary/aromatic N) is 2. The number of hydrogen-bond donors (Lipinski definition) is 2. The van der Waals surface area contributed by atoms with Crippen LogP contribution in [0.2, 0.25) is 0 Å². The molecule has 3 rings (SSSR count). The van der Waals surface area contributed by atoms with Crippen molar-refractivity contribution in [3.63, 3.8) is 0 Å². The second-order valence-corrected chi connectivity index (χ2v) is 4.80. The number of aromatic nitrogens is 3. The predicted octanol–water partition coefficient (Wildman–Crippen LogP) is 3.01. The minimum absolute atomic E-state index is 0.589. The van der Waals surface area contributed by atoms with E-state index < -0.39 is 0 Å². The molecule has 0 atom stereocenters. The minimum Gasteiger partial charge on any atom is -0.481 e. The van der Waals surface area contributed by atoms with Crippen LogP contribution in [0.15, 0.2) is 42.5 Å². The van der Waals surface area contributed by atoms with Gasteiger partial charge in [-0.25, -0.2) is 4.98 Å². The molecule has 0 unspecified atom stereocenters. The van der Waals surface area contributed by atoms with Gasteiger partial charge in [0, 0.05) is 24.7 Å². The Morgan fingerprint density at radius 1 is 1.10 bits per heavy atom. The largest absolute Gasteiger partial charge is 0.481 e. The van der Waals surface area contributed by atoms with Gasteiger partial charge in [0.15, 0.2) is 5.65 Å². The van der Waals surface area contributed by atoms with Crippen LogP contribution in [-0.2, 0) is 6.42 Å². The Morgan fingerprint density at radius 2 is 1.95 bits per heavy atom. The number of aromatic amines is 1. The molecule has 0 aliphatic heterocycles. The molecule has 3 aromatic rings. The van der Waals surface area contributed by atoms with E-state index in [1.54, 1.807) is 7.11 Å². The third-order valence-electron chi connectivity index (χ3n) is 3.27. The van der Waals surface area contributed by atoms with E-state index in [4.69, 9.17) is 4.74 Å². The monoisotopic (exact) mass is 282 g/mol. The van der Waals surface area contributed by atoms with E-state index in [9.17, 15) is 0 Å². The summed E-state index contributed by atoms with van der Waals surface area (Å²) in [5.41, 5.74) is 2.80. The van der Waals surface area contributed by atoms with E-state index in [2.05, 4.69) is 32.4 Å². The first kappa shape index (κ1) is 13.4. The van der Waals surface area contributed by atoms with Crippen molar-refractivity contribution in [3.05, 3.63) is 48.3 Å². The number of rotatable bonds is 6. The van der Waals surface area contributed by atoms with Crippen molar-refractivity contribution in [3.8, 4) is 5.88 Å². The van der Waals surface area contributed by atoms with Crippen molar-refractivity contribution in [2.75, 3.05) is 19.0 Å². The zero-order valence-electron chi connectivity index (χ0n) is 12.0. The number of hydrogen-bond acceptors (Lipinski definition) is 4. The number of ether oxygens (including phenoxy) is 1. The molecule has 0 saturated heterocycles. The summed E-state index contributed by atoms with van der Waals surface area (Å²) in [6.07, 6.45) is 1.89. The Kier molecular flexibility index (Phi) is 4.00. The molecule has 0 saturated carbocycles. The molecule has 0 aliphatic rings. The van der Waals surface area contributed by atoms with Crippen LogP contribution in [0, 0.1) is 0 Å². The van der Waals surface area contributed by atoms with Gasteiger partial charge in [0.2, 0.25) is 5.88 Å². The maximum atomic E-state index is 5.10. The fourth-order valence-corrected chi connectivity index (χ4v) is 2.20. The third-order valence-corrected chi connectivity index (χ3v) is 3.27. The molecule has 0 aliphatic carbocycles. The molecule has 1 aromatic carbocycles. The molecule has 2 heterocycles. The highest BCUT2D eigenvalue weighted by Crippen LogP contribution is 2.15. The average molecular weight is 282 g/mol. The fourth-order valence-electron chi connectivity index (χ4n) is 2.20. The van der Waals surface area contributed by atoms with Crippen LogP contribution >= 0.6 is 0 Å². The van der Waals surface area contributed by atoms with Crippen LogP contribution in [0.25, 0.3) is 11.2 Å². The molecule has 0 amide bonds. The van der Waals surface area contributed by atoms with Crippen LogP contribution in [0.5, 0.6) is 5.88 Å². The van der Waals surface area contributed by atoms with Gasteiger partial charge in [-0.1, -0.05) is 18.2 Å². The lowest BCUT2D eigenvalue weighted by Gasteiger charge is -2.04. The van der Waals surface area contributed by atoms with Gasteiger partial charge >= 0.3 is 0 Å². The van der Waals surface area contributed by atoms with E-state index in [0.29, 0.717) is 11.5 Å². The molecule has 0 bridgehead atoms. The first-order valence-corrected chi connectivity index (χ1v) is 7.04. The van der Waals surface area contributed by atoms with Gasteiger partial charge in [-0.05, 0) is 24.6 Å². The lowest BCUT2D eigenvalue weighted by atomic mass is 10.2. The second kappa shape index (κ2) is 6.26. The van der Waals surface area contributed by atoms with E-state index in [-0.39, 0.29) is 0 Å². The van der Waals surface area contributed by atoms with Crippen LogP contribution in [-0.4, -0.2) is 28.6 Å². The Morgan fingerprint density at radius 3 is 2.76 bits per heavy atom. The van der Waals surface area contributed by atoms with Crippen LogP contribution in [0.4, 0.5) is 5.69 Å². The van der Waals surface area contributed by atoms with Crippen LogP contribution in [0.3, 0.4) is 0 Å². The van der Waals surface area contributed by atoms with Gasteiger partial charge in [-0.2, -0.15) is 4.98 Å². The number of imidazole rings is 1. The Hall–Kier alpha value is -2.56. The fraction of sp³-hybridized carbons (Fsp3) is 0.250. The van der Waals surface area contributed by atoms with E-state index in [1.165, 1.54) is 0 Å². The second-order valence-electron chi connectivity index (χ2n) is 4.80. The highest BCUT2D eigenvalue weighted by molar-refractivity contribution is 5.71. The van der Waals surface area contributed by atoms with Crippen molar-refractivity contribution in [2.24, 2.45) is 0 Å². The maximum Gasteiger partial charge on any atom is 0.215 e. The van der Waals surface area contributed by atoms with Gasteiger partial charge < -0.3 is 15.0 Å². The van der Waals surface area contributed by atoms with Gasteiger partial charge in [0.1, 0.15) is 5.82 Å². The average Bonchev–Trinajstić information content (AvgIpc) is 2.94. The zero-order chi connectivity index (χ0) is 14.5. The zero-order valence-corrected chi connectivity index (χ0v) is 12.0. The molecule has 21 heavy (non-hydrogen) atoms. The molecule has 108 valence electrons. The van der Waals surface area contributed by atoms with Gasteiger partial charge in [0.25, 0.3) is 0 Å². The van der Waals surface area contributed by atoms with E-state index >= 15 is 0 Å². The lowest BCUT2D eigenvalue weighted by Crippen LogP contribution is -2.03. The lowest BCUT2D eigenvalue weighted by molar-refractivity contribution is 0.399. The Balaban J connectivity index is 1.55. The van der Waals surface area contributed by atoms with Crippen molar-refractivity contribution >= 4 is 16.9 Å². The van der Waals surface area contributed by atoms with Gasteiger partial charge in [-0.3, -0.25) is 0 Å². The molecule has 0 radical (unpaired) electrons. The molecular weight excluding hydrogens is 264 g/mol. The van der Waals surface area contributed by atoms with Crippen molar-refractivity contribution in [2.45, 2.75) is 12.8 Å². The van der Waals surface area contributed by atoms with Gasteiger partial charge in [0.05, 0.1) is 12.6 Å². The first-order valence-electron chi connectivity index (χ1n) is 7.04. The number of H-pyrrole nitrogens is 1. The highest BCUT2D eigenvalue weighted by atomic mass is 16.5. The summed E-state index contributed by atoms with van der Waals surface area (Å²) < 4.78 is 5.10. The summed E-state index contributed by atoms with van der Waals surface area (Å²) in [6.45, 7) is 0.914. The Bertz CT molecular complexity index is 709. The molecule has 0 fully saturated rings. The molecule has 2 N–H and O–H groups in total. The van der Waals surface area contributed by atoms with E-state index in [1.807, 2.05) is 30.3 Å². The van der Waals surface area contributed by atoms with E-state index in [0.717, 1.165) is 36.4 Å². The number of para-hydroxylation sites is 1. The number of pyridine rings is 1. The number of nitrogens with one attached hydrogen (secondary N) is 2. The molecule has 0 spiro atoms. The summed E-state index contributed by atoms with van der Waals surface area (Å²) in [5.74, 6) is 1.55. The van der Waals surface area contributed by atoms with Crippen molar-refractivity contribution < 1.29 is 4.74 Å². The highest BCUT2D eigenvalue weighted by Gasteiger charge is 2.05. The van der Waals surface area contributed by atoms with Crippen molar-refractivity contribution in [1.82, 2.24) is 15.0 Å². The van der Waals surface area contributed by atoms with Gasteiger partial charge in [-0.15, -0.1) is 0 Å². The number of benzene rings is 1. The number of anilines is 1. The maximum absolute atomic E-state index is 5.10. The molecule has 2 aromatic heterocycles. The normalized spacial score (nSPS) is 10.7. The first-order chi connectivity index (χ1) is 10.3. The van der Waals surface area contributed by atoms with Crippen LogP contribution < -0.4 is 10.1 Å². The summed E-state index contributed by atoms with van der Waals surface area (Å²) in [4.78, 5) is 12.1. The summed E-state index contributed by atoms with van der Waals surface area (Å²) >= 11 is 0. The predicted molar refractivity (Wildman–Crippen MR) is 83.7 cm³/mol. The smallest absolute Gasteiger partial charge is 0.215 e.